The van der Waals surface area contributed by atoms with Crippen molar-refractivity contribution in [2.45, 2.75) is 31.5 Å². The molecule has 4 aromatic rings. The van der Waals surface area contributed by atoms with Gasteiger partial charge >= 0.3 is 12.1 Å². The topological polar surface area (TPSA) is 101 Å². The number of carbonyl (C=O) groups excluding carboxylic acids is 1. The van der Waals surface area contributed by atoms with Gasteiger partial charge in [-0.2, -0.15) is 13.2 Å². The second-order valence-corrected chi connectivity index (χ2v) is 8.17. The number of carbonyl (C=O) groups is 2. The normalized spacial score (nSPS) is 15.4. The second-order valence-electron chi connectivity index (χ2n) is 8.17. The molecule has 36 heavy (non-hydrogen) atoms. The molecule has 0 spiro atoms. The fourth-order valence-electron chi connectivity index (χ4n) is 4.08. The van der Waals surface area contributed by atoms with Crippen LogP contribution in [-0.2, 0) is 16.0 Å². The van der Waals surface area contributed by atoms with Gasteiger partial charge < -0.3 is 10.0 Å². The molecule has 11 heteroatoms. The smallest absolute Gasteiger partial charge is 0.475 e. The summed E-state index contributed by atoms with van der Waals surface area (Å²) >= 11 is 0. The van der Waals surface area contributed by atoms with Crippen LogP contribution in [0.25, 0.3) is 16.6 Å². The van der Waals surface area contributed by atoms with Crippen LogP contribution in [-0.4, -0.2) is 54.4 Å². The molecule has 1 saturated heterocycles. The maximum Gasteiger partial charge on any atom is 0.490 e. The molecule has 3 aromatic heterocycles. The molecule has 0 bridgehead atoms. The Morgan fingerprint density at radius 1 is 1.03 bits per heavy atom. The lowest BCUT2D eigenvalue weighted by Gasteiger charge is -2.23. The number of carboxylic acid groups (broad SMARTS) is 1. The van der Waals surface area contributed by atoms with Crippen molar-refractivity contribution in [1.82, 2.24) is 24.7 Å². The average molecular weight is 497 g/mol. The quantitative estimate of drug-likeness (QED) is 0.451. The number of likely N-dealkylation sites (tertiary alicyclic amines) is 1. The summed E-state index contributed by atoms with van der Waals surface area (Å²) in [4.78, 5) is 27.9. The third kappa shape index (κ3) is 5.68. The van der Waals surface area contributed by atoms with E-state index in [4.69, 9.17) is 9.90 Å². The molecule has 5 rings (SSSR count). The van der Waals surface area contributed by atoms with E-state index in [1.807, 2.05) is 45.9 Å². The molecular formula is C25H22F3N5O3. The molecule has 1 fully saturated rings. The number of rotatable bonds is 4. The van der Waals surface area contributed by atoms with E-state index in [2.05, 4.69) is 39.6 Å². The van der Waals surface area contributed by atoms with Crippen molar-refractivity contribution >= 4 is 17.4 Å². The number of hydrogen-bond donors (Lipinski definition) is 1. The molecule has 8 nitrogen and oxygen atoms in total. The minimum atomic E-state index is -5.08. The highest BCUT2D eigenvalue weighted by Gasteiger charge is 2.38. The van der Waals surface area contributed by atoms with Gasteiger partial charge in [0.2, 0.25) is 5.91 Å². The van der Waals surface area contributed by atoms with Crippen LogP contribution in [0.2, 0.25) is 0 Å². The van der Waals surface area contributed by atoms with Crippen LogP contribution in [0.15, 0.2) is 73.2 Å². The minimum Gasteiger partial charge on any atom is -0.475 e. The van der Waals surface area contributed by atoms with E-state index in [1.165, 1.54) is 0 Å². The molecule has 186 valence electrons. The Hall–Kier alpha value is -4.28. The highest BCUT2D eigenvalue weighted by atomic mass is 19.4. The van der Waals surface area contributed by atoms with Crippen molar-refractivity contribution in [2.24, 2.45) is 0 Å². The molecule has 0 radical (unpaired) electrons. The van der Waals surface area contributed by atoms with Crippen molar-refractivity contribution in [3.63, 3.8) is 0 Å². The molecule has 1 aliphatic heterocycles. The third-order valence-corrected chi connectivity index (χ3v) is 5.76. The number of alkyl halides is 3. The Kier molecular flexibility index (Phi) is 7.28. The van der Waals surface area contributed by atoms with Crippen LogP contribution < -0.4 is 0 Å². The first-order chi connectivity index (χ1) is 17.2. The average Bonchev–Trinajstić information content (AvgIpc) is 3.51. The molecule has 1 aliphatic rings. The maximum atomic E-state index is 12.9. The van der Waals surface area contributed by atoms with E-state index < -0.39 is 12.1 Å². The summed E-state index contributed by atoms with van der Waals surface area (Å²) in [5.41, 5.74) is 4.99. The van der Waals surface area contributed by atoms with Gasteiger partial charge in [0.05, 0.1) is 18.0 Å². The van der Waals surface area contributed by atoms with Crippen molar-refractivity contribution in [1.29, 1.82) is 0 Å². The summed E-state index contributed by atoms with van der Waals surface area (Å²) in [6.45, 7) is 0.755. The molecule has 1 unspecified atom stereocenters. The summed E-state index contributed by atoms with van der Waals surface area (Å²) in [6.07, 6.45) is 2.64. The number of aliphatic carboxylic acids is 1. The number of hydrogen-bond acceptors (Lipinski definition) is 5. The number of nitrogens with zero attached hydrogens (tertiary/aromatic N) is 5. The molecule has 1 aromatic carbocycles. The minimum absolute atomic E-state index is 0.0285. The third-order valence-electron chi connectivity index (χ3n) is 5.76. The van der Waals surface area contributed by atoms with E-state index in [0.29, 0.717) is 6.42 Å². The number of carboxylic acids is 1. The molecular weight excluding hydrogens is 475 g/mol. The Labute approximate surface area is 204 Å². The first kappa shape index (κ1) is 24.8. The highest BCUT2D eigenvalue weighted by molar-refractivity contribution is 5.80. The van der Waals surface area contributed by atoms with Gasteiger partial charge in [-0.25, -0.2) is 9.31 Å². The monoisotopic (exact) mass is 497 g/mol. The van der Waals surface area contributed by atoms with Crippen LogP contribution >= 0.6 is 0 Å². The molecule has 0 saturated carbocycles. The summed E-state index contributed by atoms with van der Waals surface area (Å²) in [5.74, 6) is -2.64. The van der Waals surface area contributed by atoms with Crippen molar-refractivity contribution in [3.05, 3.63) is 84.4 Å². The zero-order chi connectivity index (χ0) is 25.7. The van der Waals surface area contributed by atoms with Crippen LogP contribution in [0, 0.1) is 0 Å². The SMILES string of the molecule is O=C(Cc1cccnc1)N1CCCC1c1nnn2cc(-c3ccccc3)ccc12.O=C(O)C(F)(F)F. The fourth-order valence-corrected chi connectivity index (χ4v) is 4.08. The van der Waals surface area contributed by atoms with E-state index in [0.717, 1.165) is 47.3 Å². The summed E-state index contributed by atoms with van der Waals surface area (Å²) in [7, 11) is 0. The van der Waals surface area contributed by atoms with Gasteiger partial charge in [0.25, 0.3) is 0 Å². The summed E-state index contributed by atoms with van der Waals surface area (Å²) < 4.78 is 33.6. The fraction of sp³-hybridized carbons (Fsp3) is 0.240. The van der Waals surface area contributed by atoms with Gasteiger partial charge in [-0.3, -0.25) is 9.78 Å². The highest BCUT2D eigenvalue weighted by Crippen LogP contribution is 2.34. The lowest BCUT2D eigenvalue weighted by molar-refractivity contribution is -0.192. The molecule has 1 atom stereocenters. The zero-order valence-corrected chi connectivity index (χ0v) is 19.0. The Balaban J connectivity index is 0.000000384. The lowest BCUT2D eigenvalue weighted by Crippen LogP contribution is -2.32. The first-order valence-electron chi connectivity index (χ1n) is 11.1. The molecule has 4 heterocycles. The van der Waals surface area contributed by atoms with Gasteiger partial charge in [-0.15, -0.1) is 5.10 Å². The maximum absolute atomic E-state index is 12.9. The van der Waals surface area contributed by atoms with Gasteiger partial charge in [-0.05, 0) is 36.1 Å². The van der Waals surface area contributed by atoms with Gasteiger partial charge in [0.1, 0.15) is 5.69 Å². The Morgan fingerprint density at radius 3 is 2.44 bits per heavy atom. The van der Waals surface area contributed by atoms with Crippen LogP contribution in [0.1, 0.15) is 30.1 Å². The number of halogens is 3. The van der Waals surface area contributed by atoms with E-state index in [-0.39, 0.29) is 11.9 Å². The number of aromatic nitrogens is 4. The van der Waals surface area contributed by atoms with E-state index in [9.17, 15) is 18.0 Å². The molecule has 1 N–H and O–H groups in total. The Morgan fingerprint density at radius 2 is 1.78 bits per heavy atom. The van der Waals surface area contributed by atoms with Crippen molar-refractivity contribution in [3.8, 4) is 11.1 Å². The van der Waals surface area contributed by atoms with Crippen LogP contribution in [0.5, 0.6) is 0 Å². The van der Waals surface area contributed by atoms with Crippen LogP contribution in [0.4, 0.5) is 13.2 Å². The van der Waals surface area contributed by atoms with E-state index in [1.54, 1.807) is 12.4 Å². The molecule has 1 amide bonds. The first-order valence-corrected chi connectivity index (χ1v) is 11.1. The number of pyridine rings is 2. The number of fused-ring (bicyclic) bond motifs is 1. The van der Waals surface area contributed by atoms with Gasteiger partial charge in [0.15, 0.2) is 0 Å². The zero-order valence-electron chi connectivity index (χ0n) is 19.0. The predicted octanol–water partition coefficient (Wildman–Crippen LogP) is 4.33. The van der Waals surface area contributed by atoms with Crippen molar-refractivity contribution in [2.75, 3.05) is 6.54 Å². The van der Waals surface area contributed by atoms with Gasteiger partial charge in [0, 0.05) is 30.7 Å². The lowest BCUT2D eigenvalue weighted by atomic mass is 10.1. The predicted molar refractivity (Wildman–Crippen MR) is 124 cm³/mol. The largest absolute Gasteiger partial charge is 0.490 e. The second kappa shape index (κ2) is 10.5. The van der Waals surface area contributed by atoms with E-state index >= 15 is 0 Å². The summed E-state index contributed by atoms with van der Waals surface area (Å²) in [5, 5.41) is 15.9. The summed E-state index contributed by atoms with van der Waals surface area (Å²) in [6, 6.07) is 18.1. The number of benzene rings is 1. The van der Waals surface area contributed by atoms with Crippen molar-refractivity contribution < 1.29 is 27.9 Å². The standard InChI is InChI=1S/C23H21N5O.C2HF3O2/c29-22(14-17-6-4-12-24-15-17)27-13-5-9-20(27)23-21-11-10-19(16-28(21)26-25-23)18-7-2-1-3-8-18;3-2(4,5)1(6)7/h1-4,6-8,10-12,15-16,20H,5,9,13-14H2;(H,6,7). The molecule has 0 aliphatic carbocycles. The Bertz CT molecular complexity index is 1340. The number of amides is 1. The van der Waals surface area contributed by atoms with Gasteiger partial charge in [-0.1, -0.05) is 47.7 Å². The van der Waals surface area contributed by atoms with Crippen LogP contribution in [0.3, 0.4) is 0 Å².